The predicted octanol–water partition coefficient (Wildman–Crippen LogP) is 7.17. The summed E-state index contributed by atoms with van der Waals surface area (Å²) in [4.78, 5) is 4.17. The van der Waals surface area contributed by atoms with E-state index in [1.54, 1.807) is 36.4 Å². The molecule has 6 heteroatoms. The summed E-state index contributed by atoms with van der Waals surface area (Å²) < 4.78 is 13.8. The molecule has 1 heterocycles. The van der Waals surface area contributed by atoms with Gasteiger partial charge in [-0.25, -0.2) is 4.39 Å². The lowest BCUT2D eigenvalue weighted by molar-refractivity contribution is 0.622. The highest BCUT2D eigenvalue weighted by Crippen LogP contribution is 2.43. The molecule has 0 radical (unpaired) electrons. The number of hydrogen-bond acceptors (Lipinski definition) is 1. The Kier molecular flexibility index (Phi) is 4.79. The molecule has 0 unspecified atom stereocenters. The topological polar surface area (TPSA) is 12.9 Å². The van der Waals surface area contributed by atoms with Gasteiger partial charge < -0.3 is 0 Å². The van der Waals surface area contributed by atoms with Gasteiger partial charge in [-0.1, -0.05) is 58.5 Å². The second kappa shape index (κ2) is 6.66. The Morgan fingerprint density at radius 3 is 1.74 bits per heavy atom. The number of halogens is 5. The Bertz CT molecular complexity index is 855. The summed E-state index contributed by atoms with van der Waals surface area (Å²) in [6.45, 7) is 0. The van der Waals surface area contributed by atoms with E-state index in [9.17, 15) is 4.39 Å². The first-order valence-corrected chi connectivity index (χ1v) is 8.04. The van der Waals surface area contributed by atoms with Crippen molar-refractivity contribution >= 4 is 46.4 Å². The van der Waals surface area contributed by atoms with Crippen LogP contribution >= 0.6 is 46.4 Å². The van der Waals surface area contributed by atoms with Crippen LogP contribution in [-0.2, 0) is 0 Å². The van der Waals surface area contributed by atoms with Gasteiger partial charge in [0.1, 0.15) is 5.82 Å². The first-order chi connectivity index (χ1) is 11.0. The maximum absolute atomic E-state index is 13.8. The maximum Gasteiger partial charge on any atom is 0.142 e. The summed E-state index contributed by atoms with van der Waals surface area (Å²) >= 11 is 25.0. The molecule has 0 saturated heterocycles. The zero-order valence-corrected chi connectivity index (χ0v) is 14.5. The molecule has 0 aliphatic carbocycles. The van der Waals surface area contributed by atoms with Gasteiger partial charge in [-0.15, -0.1) is 0 Å². The smallest absolute Gasteiger partial charge is 0.142 e. The average molecular weight is 387 g/mol. The van der Waals surface area contributed by atoms with Gasteiger partial charge in [0.25, 0.3) is 0 Å². The van der Waals surface area contributed by atoms with E-state index in [1.165, 1.54) is 6.07 Å². The highest BCUT2D eigenvalue weighted by atomic mass is 35.5. The number of nitrogens with zero attached hydrogens (tertiary/aromatic N) is 1. The van der Waals surface area contributed by atoms with Crippen molar-refractivity contribution in [1.82, 2.24) is 4.98 Å². The van der Waals surface area contributed by atoms with Crippen molar-refractivity contribution in [3.8, 4) is 22.4 Å². The number of aromatic nitrogens is 1. The van der Waals surface area contributed by atoms with Crippen LogP contribution in [0.25, 0.3) is 22.4 Å². The van der Waals surface area contributed by atoms with Crippen LogP contribution in [0.1, 0.15) is 0 Å². The van der Waals surface area contributed by atoms with Crippen molar-refractivity contribution in [2.75, 3.05) is 0 Å². The largest absolute Gasteiger partial charge is 0.252 e. The molecule has 1 aromatic heterocycles. The summed E-state index contributed by atoms with van der Waals surface area (Å²) in [7, 11) is 0. The van der Waals surface area contributed by atoms with E-state index in [-0.39, 0.29) is 0 Å². The molecule has 3 rings (SSSR count). The molecule has 2 aromatic carbocycles. The normalized spacial score (nSPS) is 10.8. The van der Waals surface area contributed by atoms with E-state index in [4.69, 9.17) is 46.4 Å². The third-order valence-electron chi connectivity index (χ3n) is 3.29. The van der Waals surface area contributed by atoms with E-state index >= 15 is 0 Å². The Labute approximate surface area is 152 Å². The van der Waals surface area contributed by atoms with Gasteiger partial charge >= 0.3 is 0 Å². The average Bonchev–Trinajstić information content (AvgIpc) is 2.49. The Balaban J connectivity index is 2.37. The van der Waals surface area contributed by atoms with E-state index < -0.39 is 5.82 Å². The summed E-state index contributed by atoms with van der Waals surface area (Å²) in [6, 6.07) is 11.5. The van der Waals surface area contributed by atoms with E-state index in [0.29, 0.717) is 42.5 Å². The van der Waals surface area contributed by atoms with Crippen LogP contribution in [0.3, 0.4) is 0 Å². The van der Waals surface area contributed by atoms with E-state index in [1.807, 2.05) is 0 Å². The standard InChI is InChI=1S/C17H8Cl4FN/c18-11-3-1-4-12(19)15(11)10-7-9(22)8-23-17(10)16-13(20)5-2-6-14(16)21/h1-8H. The van der Waals surface area contributed by atoms with Gasteiger partial charge in [0, 0.05) is 26.7 Å². The fraction of sp³-hybridized carbons (Fsp3) is 0. The second-order valence-corrected chi connectivity index (χ2v) is 6.37. The van der Waals surface area contributed by atoms with Crippen LogP contribution in [0.2, 0.25) is 20.1 Å². The van der Waals surface area contributed by atoms with Gasteiger partial charge in [-0.3, -0.25) is 4.98 Å². The third kappa shape index (κ3) is 3.17. The highest BCUT2D eigenvalue weighted by Gasteiger charge is 2.19. The minimum absolute atomic E-state index is 0.384. The molecule has 0 spiro atoms. The van der Waals surface area contributed by atoms with E-state index in [2.05, 4.69) is 4.98 Å². The van der Waals surface area contributed by atoms with Crippen LogP contribution in [0.5, 0.6) is 0 Å². The van der Waals surface area contributed by atoms with Gasteiger partial charge in [0.2, 0.25) is 0 Å². The highest BCUT2D eigenvalue weighted by molar-refractivity contribution is 6.41. The van der Waals surface area contributed by atoms with Gasteiger partial charge in [-0.05, 0) is 30.3 Å². The SMILES string of the molecule is Fc1cnc(-c2c(Cl)cccc2Cl)c(-c2c(Cl)cccc2Cl)c1. The molecular formula is C17H8Cl4FN. The van der Waals surface area contributed by atoms with Crippen molar-refractivity contribution in [2.24, 2.45) is 0 Å². The van der Waals surface area contributed by atoms with Gasteiger partial charge in [0.15, 0.2) is 0 Å². The minimum atomic E-state index is -0.511. The minimum Gasteiger partial charge on any atom is -0.252 e. The molecule has 23 heavy (non-hydrogen) atoms. The summed E-state index contributed by atoms with van der Waals surface area (Å²) in [6.07, 6.45) is 1.10. The lowest BCUT2D eigenvalue weighted by Gasteiger charge is -2.14. The van der Waals surface area contributed by atoms with Gasteiger partial charge in [-0.2, -0.15) is 0 Å². The molecule has 0 saturated carbocycles. The quantitative estimate of drug-likeness (QED) is 0.454. The van der Waals surface area contributed by atoms with Crippen LogP contribution < -0.4 is 0 Å². The zero-order valence-electron chi connectivity index (χ0n) is 11.5. The summed E-state index contributed by atoms with van der Waals surface area (Å²) in [5.74, 6) is -0.511. The fourth-order valence-electron chi connectivity index (χ4n) is 2.31. The Morgan fingerprint density at radius 2 is 1.22 bits per heavy atom. The van der Waals surface area contributed by atoms with Crippen molar-refractivity contribution < 1.29 is 4.39 Å². The lowest BCUT2D eigenvalue weighted by Crippen LogP contribution is -1.94. The van der Waals surface area contributed by atoms with Crippen LogP contribution in [0.15, 0.2) is 48.7 Å². The van der Waals surface area contributed by atoms with Crippen molar-refractivity contribution in [2.45, 2.75) is 0 Å². The number of rotatable bonds is 2. The molecule has 1 nitrogen and oxygen atoms in total. The summed E-state index contributed by atoms with van der Waals surface area (Å²) in [5.41, 5.74) is 1.82. The molecule has 116 valence electrons. The van der Waals surface area contributed by atoms with Crippen LogP contribution in [0.4, 0.5) is 4.39 Å². The molecule has 0 amide bonds. The van der Waals surface area contributed by atoms with Crippen molar-refractivity contribution in [1.29, 1.82) is 0 Å². The van der Waals surface area contributed by atoms with Gasteiger partial charge in [0.05, 0.1) is 21.9 Å². The fourth-order valence-corrected chi connectivity index (χ4v) is 3.49. The number of pyridine rings is 1. The predicted molar refractivity (Wildman–Crippen MR) is 95.1 cm³/mol. The van der Waals surface area contributed by atoms with Crippen LogP contribution in [0, 0.1) is 5.82 Å². The van der Waals surface area contributed by atoms with Crippen LogP contribution in [-0.4, -0.2) is 4.98 Å². The first-order valence-electron chi connectivity index (χ1n) is 6.53. The monoisotopic (exact) mass is 385 g/mol. The molecule has 0 fully saturated rings. The Morgan fingerprint density at radius 1 is 0.739 bits per heavy atom. The van der Waals surface area contributed by atoms with E-state index in [0.717, 1.165) is 6.20 Å². The van der Waals surface area contributed by atoms with Crippen molar-refractivity contribution in [3.05, 3.63) is 74.6 Å². The van der Waals surface area contributed by atoms with Crippen molar-refractivity contribution in [3.63, 3.8) is 0 Å². The Hall–Kier alpha value is -1.32. The lowest BCUT2D eigenvalue weighted by atomic mass is 9.99. The maximum atomic E-state index is 13.8. The molecule has 3 aromatic rings. The molecule has 0 N–H and O–H groups in total. The second-order valence-electron chi connectivity index (χ2n) is 4.74. The number of benzene rings is 2. The summed E-state index contributed by atoms with van der Waals surface area (Å²) in [5, 5.41) is 1.57. The molecule has 0 aliphatic rings. The zero-order chi connectivity index (χ0) is 16.6. The molecular weight excluding hydrogens is 379 g/mol. The molecule has 0 atom stereocenters. The third-order valence-corrected chi connectivity index (χ3v) is 4.55. The molecule has 0 aliphatic heterocycles. The number of hydrogen-bond donors (Lipinski definition) is 0. The first kappa shape index (κ1) is 16.5. The molecule has 0 bridgehead atoms.